The Labute approximate surface area is 132 Å². The van der Waals surface area contributed by atoms with Crippen molar-refractivity contribution in [3.8, 4) is 0 Å². The molecule has 1 aliphatic rings. The van der Waals surface area contributed by atoms with Crippen molar-refractivity contribution in [2.24, 2.45) is 5.92 Å². The van der Waals surface area contributed by atoms with Crippen molar-refractivity contribution in [1.82, 2.24) is 10.3 Å². The summed E-state index contributed by atoms with van der Waals surface area (Å²) in [4.78, 5) is 8.57. The maximum absolute atomic E-state index is 5.44. The Bertz CT molecular complexity index is 427. The number of anilines is 1. The van der Waals surface area contributed by atoms with E-state index in [1.165, 1.54) is 28.5 Å². The number of aromatic nitrogens is 1. The molecular weight excluding hydrogens is 282 g/mol. The van der Waals surface area contributed by atoms with Crippen molar-refractivity contribution >= 4 is 16.5 Å². The normalized spacial score (nSPS) is 16.6. The van der Waals surface area contributed by atoms with Crippen molar-refractivity contribution in [3.05, 3.63) is 10.6 Å². The molecule has 5 heteroatoms. The lowest BCUT2D eigenvalue weighted by Crippen LogP contribution is -2.29. The highest BCUT2D eigenvalue weighted by molar-refractivity contribution is 7.15. The van der Waals surface area contributed by atoms with E-state index in [-0.39, 0.29) is 0 Å². The molecule has 0 aliphatic carbocycles. The van der Waals surface area contributed by atoms with Crippen LogP contribution in [0, 0.1) is 5.92 Å². The Morgan fingerprint density at radius 1 is 1.38 bits per heavy atom. The van der Waals surface area contributed by atoms with E-state index in [4.69, 9.17) is 9.72 Å². The second-order valence-corrected chi connectivity index (χ2v) is 7.25. The van der Waals surface area contributed by atoms with Crippen molar-refractivity contribution in [1.29, 1.82) is 0 Å². The fourth-order valence-corrected chi connectivity index (χ4v) is 3.71. The Kier molecular flexibility index (Phi) is 6.45. The number of nitrogens with zero attached hydrogens (tertiary/aromatic N) is 2. The van der Waals surface area contributed by atoms with Crippen LogP contribution in [0.15, 0.2) is 0 Å². The molecule has 0 aromatic carbocycles. The fourth-order valence-electron chi connectivity index (χ4n) is 2.64. The van der Waals surface area contributed by atoms with Crippen LogP contribution in [0.2, 0.25) is 0 Å². The van der Waals surface area contributed by atoms with Crippen LogP contribution in [0.1, 0.15) is 44.2 Å². The maximum Gasteiger partial charge on any atom is 0.185 e. The van der Waals surface area contributed by atoms with Gasteiger partial charge < -0.3 is 15.0 Å². The Morgan fingerprint density at radius 3 is 2.71 bits per heavy atom. The summed E-state index contributed by atoms with van der Waals surface area (Å²) < 4.78 is 5.44. The van der Waals surface area contributed by atoms with E-state index in [0.29, 0.717) is 6.04 Å². The van der Waals surface area contributed by atoms with Gasteiger partial charge in [-0.05, 0) is 25.2 Å². The second-order valence-electron chi connectivity index (χ2n) is 6.19. The first kappa shape index (κ1) is 16.7. The van der Waals surface area contributed by atoms with Gasteiger partial charge in [-0.1, -0.05) is 20.8 Å². The first-order valence-electron chi connectivity index (χ1n) is 8.11. The third-order valence-corrected chi connectivity index (χ3v) is 5.18. The summed E-state index contributed by atoms with van der Waals surface area (Å²) in [6, 6.07) is 0.514. The van der Waals surface area contributed by atoms with E-state index in [9.17, 15) is 0 Å². The first-order chi connectivity index (χ1) is 10.1. The molecule has 1 N–H and O–H groups in total. The summed E-state index contributed by atoms with van der Waals surface area (Å²) in [7, 11) is 2.17. The third-order valence-electron chi connectivity index (χ3n) is 3.97. The largest absolute Gasteiger partial charge is 0.381 e. The minimum absolute atomic E-state index is 0.514. The van der Waals surface area contributed by atoms with E-state index in [2.05, 4.69) is 38.0 Å². The van der Waals surface area contributed by atoms with Gasteiger partial charge >= 0.3 is 0 Å². The Morgan fingerprint density at radius 2 is 2.10 bits per heavy atom. The zero-order valence-electron chi connectivity index (χ0n) is 13.8. The van der Waals surface area contributed by atoms with Gasteiger partial charge in [-0.15, -0.1) is 11.3 Å². The van der Waals surface area contributed by atoms with Gasteiger partial charge in [-0.2, -0.15) is 0 Å². The molecule has 0 atom stereocenters. The molecule has 1 fully saturated rings. The molecule has 0 amide bonds. The van der Waals surface area contributed by atoms with Crippen LogP contribution in [-0.2, 0) is 17.7 Å². The fraction of sp³-hybridized carbons (Fsp3) is 0.812. The highest BCUT2D eigenvalue weighted by Crippen LogP contribution is 2.28. The molecule has 0 bridgehead atoms. The minimum Gasteiger partial charge on any atom is -0.381 e. The van der Waals surface area contributed by atoms with Crippen LogP contribution in [0.25, 0.3) is 0 Å². The molecule has 1 aromatic rings. The molecule has 1 saturated heterocycles. The monoisotopic (exact) mass is 311 g/mol. The maximum atomic E-state index is 5.44. The number of aryl methyl sites for hydroxylation is 1. The third kappa shape index (κ3) is 4.94. The molecule has 1 aliphatic heterocycles. The molecule has 2 heterocycles. The van der Waals surface area contributed by atoms with Crippen molar-refractivity contribution < 1.29 is 4.74 Å². The van der Waals surface area contributed by atoms with Crippen LogP contribution in [0.3, 0.4) is 0 Å². The van der Waals surface area contributed by atoms with Gasteiger partial charge in [-0.25, -0.2) is 4.98 Å². The summed E-state index contributed by atoms with van der Waals surface area (Å²) in [6.45, 7) is 10.4. The predicted octanol–water partition coefficient (Wildman–Crippen LogP) is 3.07. The zero-order chi connectivity index (χ0) is 15.2. The lowest BCUT2D eigenvalue weighted by Gasteiger charge is -2.26. The van der Waals surface area contributed by atoms with Gasteiger partial charge in [0, 0.05) is 44.3 Å². The highest BCUT2D eigenvalue weighted by atomic mass is 32.1. The number of rotatable bonds is 7. The summed E-state index contributed by atoms with van der Waals surface area (Å²) >= 11 is 1.84. The number of nitrogens with one attached hydrogen (secondary N) is 1. The molecule has 2 rings (SSSR count). The number of hydrogen-bond donors (Lipinski definition) is 1. The highest BCUT2D eigenvalue weighted by Gasteiger charge is 2.19. The van der Waals surface area contributed by atoms with Crippen LogP contribution in [0.5, 0.6) is 0 Å². The van der Waals surface area contributed by atoms with Crippen LogP contribution in [0.4, 0.5) is 5.13 Å². The van der Waals surface area contributed by atoms with Crippen LogP contribution < -0.4 is 10.2 Å². The summed E-state index contributed by atoms with van der Waals surface area (Å²) in [5.74, 6) is 0.745. The molecule has 0 unspecified atom stereocenters. The molecular formula is C16H29N3OS. The second kappa shape index (κ2) is 8.11. The minimum atomic E-state index is 0.514. The van der Waals surface area contributed by atoms with E-state index >= 15 is 0 Å². The van der Waals surface area contributed by atoms with Gasteiger partial charge in [0.15, 0.2) is 5.13 Å². The lowest BCUT2D eigenvalue weighted by molar-refractivity contribution is 0.0685. The SMILES string of the molecule is CCc1nc(N(C)CC2CCOCC2)sc1CNC(C)C. The molecule has 4 nitrogen and oxygen atoms in total. The predicted molar refractivity (Wildman–Crippen MR) is 90.3 cm³/mol. The van der Waals surface area contributed by atoms with Crippen LogP contribution >= 0.6 is 11.3 Å². The quantitative estimate of drug-likeness (QED) is 0.840. The summed E-state index contributed by atoms with van der Waals surface area (Å²) in [5.41, 5.74) is 1.25. The number of thiazole rings is 1. The van der Waals surface area contributed by atoms with Gasteiger partial charge in [0.05, 0.1) is 5.69 Å². The lowest BCUT2D eigenvalue weighted by atomic mass is 10.0. The van der Waals surface area contributed by atoms with E-state index < -0.39 is 0 Å². The van der Waals surface area contributed by atoms with E-state index in [1.54, 1.807) is 0 Å². The Balaban J connectivity index is 1.97. The van der Waals surface area contributed by atoms with Crippen molar-refractivity contribution in [2.45, 2.75) is 52.6 Å². The van der Waals surface area contributed by atoms with E-state index in [0.717, 1.165) is 38.6 Å². The molecule has 0 saturated carbocycles. The molecule has 120 valence electrons. The molecule has 0 radical (unpaired) electrons. The van der Waals surface area contributed by atoms with Crippen molar-refractivity contribution in [2.75, 3.05) is 31.7 Å². The average Bonchev–Trinajstić information content (AvgIpc) is 2.89. The summed E-state index contributed by atoms with van der Waals surface area (Å²) in [6.07, 6.45) is 3.37. The zero-order valence-corrected chi connectivity index (χ0v) is 14.6. The van der Waals surface area contributed by atoms with Gasteiger partial charge in [0.2, 0.25) is 0 Å². The summed E-state index contributed by atoms with van der Waals surface area (Å²) in [5, 5.41) is 4.67. The van der Waals surface area contributed by atoms with Crippen molar-refractivity contribution in [3.63, 3.8) is 0 Å². The number of hydrogen-bond acceptors (Lipinski definition) is 5. The smallest absolute Gasteiger partial charge is 0.185 e. The first-order valence-corrected chi connectivity index (χ1v) is 8.92. The topological polar surface area (TPSA) is 37.4 Å². The van der Waals surface area contributed by atoms with Gasteiger partial charge in [-0.3, -0.25) is 0 Å². The standard InChI is InChI=1S/C16H29N3OS/c1-5-14-15(10-17-12(2)3)21-16(18-14)19(4)11-13-6-8-20-9-7-13/h12-13,17H,5-11H2,1-4H3. The van der Waals surface area contributed by atoms with Gasteiger partial charge in [0.1, 0.15) is 0 Å². The van der Waals surface area contributed by atoms with Crippen LogP contribution in [-0.4, -0.2) is 37.8 Å². The molecule has 1 aromatic heterocycles. The number of ether oxygens (including phenoxy) is 1. The molecule has 21 heavy (non-hydrogen) atoms. The Hall–Kier alpha value is -0.650. The van der Waals surface area contributed by atoms with Gasteiger partial charge in [0.25, 0.3) is 0 Å². The van der Waals surface area contributed by atoms with E-state index in [1.807, 2.05) is 11.3 Å². The molecule has 0 spiro atoms. The average molecular weight is 311 g/mol.